The Labute approximate surface area is 103 Å². The van der Waals surface area contributed by atoms with E-state index in [0.29, 0.717) is 10.7 Å². The van der Waals surface area contributed by atoms with Crippen molar-refractivity contribution in [2.75, 3.05) is 18.1 Å². The molecule has 5 nitrogen and oxygen atoms in total. The molecule has 0 amide bonds. The van der Waals surface area contributed by atoms with E-state index in [4.69, 9.17) is 15.6 Å². The number of hydrogen-bond donors (Lipinski definition) is 2. The summed E-state index contributed by atoms with van der Waals surface area (Å²) in [6.07, 6.45) is 3.77. The minimum absolute atomic E-state index is 0.115. The summed E-state index contributed by atoms with van der Waals surface area (Å²) >= 11 is 1.51. The molecule has 17 heavy (non-hydrogen) atoms. The van der Waals surface area contributed by atoms with Crippen LogP contribution in [-0.4, -0.2) is 34.5 Å². The van der Waals surface area contributed by atoms with Gasteiger partial charge in [-0.2, -0.15) is 0 Å². The maximum atomic E-state index is 10.7. The molecule has 1 atom stereocenters. The Balaban J connectivity index is 1.98. The highest BCUT2D eigenvalue weighted by Gasteiger charge is 2.17. The third-order valence-corrected chi connectivity index (χ3v) is 3.71. The zero-order chi connectivity index (χ0) is 12.3. The minimum Gasteiger partial charge on any atom is -0.478 e. The van der Waals surface area contributed by atoms with E-state index in [-0.39, 0.29) is 11.7 Å². The third kappa shape index (κ3) is 3.10. The third-order valence-electron chi connectivity index (χ3n) is 2.56. The second-order valence-electron chi connectivity index (χ2n) is 3.87. The lowest BCUT2D eigenvalue weighted by Crippen LogP contribution is -2.09. The number of carboxylic acids is 1. The van der Waals surface area contributed by atoms with Gasteiger partial charge in [0.15, 0.2) is 0 Å². The van der Waals surface area contributed by atoms with Gasteiger partial charge in [0.2, 0.25) is 0 Å². The Bertz CT molecular complexity index is 419. The minimum atomic E-state index is -1.01. The Hall–Kier alpha value is -1.27. The summed E-state index contributed by atoms with van der Waals surface area (Å²) in [5.41, 5.74) is 6.28. The molecule has 2 heterocycles. The fourth-order valence-electron chi connectivity index (χ4n) is 1.65. The highest BCUT2D eigenvalue weighted by Crippen LogP contribution is 2.26. The molecule has 0 bridgehead atoms. The summed E-state index contributed by atoms with van der Waals surface area (Å²) < 4.78 is 5.49. The van der Waals surface area contributed by atoms with Crippen LogP contribution >= 0.6 is 11.8 Å². The highest BCUT2D eigenvalue weighted by molar-refractivity contribution is 7.99. The van der Waals surface area contributed by atoms with Crippen molar-refractivity contribution in [1.29, 1.82) is 0 Å². The molecule has 0 saturated carbocycles. The number of ether oxygens (including phenoxy) is 1. The molecule has 3 N–H and O–H groups in total. The number of hydrogen-bond acceptors (Lipinski definition) is 5. The molecule has 6 heteroatoms. The van der Waals surface area contributed by atoms with Crippen molar-refractivity contribution >= 4 is 23.4 Å². The summed E-state index contributed by atoms with van der Waals surface area (Å²) in [5, 5.41) is 9.45. The van der Waals surface area contributed by atoms with Gasteiger partial charge in [-0.25, -0.2) is 9.78 Å². The molecule has 0 aromatic carbocycles. The number of nitrogen functional groups attached to an aromatic ring is 1. The molecule has 1 fully saturated rings. The van der Waals surface area contributed by atoms with Crippen LogP contribution in [0.1, 0.15) is 23.2 Å². The molecular formula is C11H14N2O3S. The van der Waals surface area contributed by atoms with Crippen LogP contribution in [0.4, 0.5) is 5.69 Å². The number of anilines is 1. The van der Waals surface area contributed by atoms with Crippen LogP contribution in [0.15, 0.2) is 17.3 Å². The summed E-state index contributed by atoms with van der Waals surface area (Å²) in [6.45, 7) is 0.825. The normalized spacial score (nSPS) is 19.4. The van der Waals surface area contributed by atoms with Gasteiger partial charge >= 0.3 is 5.97 Å². The number of carbonyl (C=O) groups is 1. The molecule has 0 aliphatic carbocycles. The Morgan fingerprint density at radius 1 is 1.71 bits per heavy atom. The average molecular weight is 254 g/mol. The van der Waals surface area contributed by atoms with Gasteiger partial charge in [-0.1, -0.05) is 0 Å². The number of aromatic nitrogens is 1. The Kier molecular flexibility index (Phi) is 3.86. The van der Waals surface area contributed by atoms with Crippen LogP contribution in [0.5, 0.6) is 0 Å². The number of carboxylic acid groups (broad SMARTS) is 1. The zero-order valence-electron chi connectivity index (χ0n) is 9.26. The number of thioether (sulfide) groups is 1. The molecule has 92 valence electrons. The SMILES string of the molecule is Nc1cc(C(=O)O)cnc1SCC1CCCO1. The first-order chi connectivity index (χ1) is 8.16. The van der Waals surface area contributed by atoms with Gasteiger partial charge in [-0.3, -0.25) is 0 Å². The van der Waals surface area contributed by atoms with E-state index in [1.54, 1.807) is 0 Å². The van der Waals surface area contributed by atoms with E-state index in [0.717, 1.165) is 25.2 Å². The van der Waals surface area contributed by atoms with Gasteiger partial charge in [-0.05, 0) is 18.9 Å². The maximum Gasteiger partial charge on any atom is 0.337 e. The number of aromatic carboxylic acids is 1. The summed E-state index contributed by atoms with van der Waals surface area (Å²) in [4.78, 5) is 14.8. The predicted octanol–water partition coefficient (Wildman–Crippen LogP) is 1.63. The fraction of sp³-hybridized carbons (Fsp3) is 0.455. The Morgan fingerprint density at radius 2 is 2.53 bits per heavy atom. The van der Waals surface area contributed by atoms with Gasteiger partial charge in [0.1, 0.15) is 5.03 Å². The van der Waals surface area contributed by atoms with Crippen LogP contribution in [0.3, 0.4) is 0 Å². The van der Waals surface area contributed by atoms with Crippen LogP contribution in [0.25, 0.3) is 0 Å². The van der Waals surface area contributed by atoms with Crippen molar-refractivity contribution in [3.63, 3.8) is 0 Å². The van der Waals surface area contributed by atoms with E-state index in [1.165, 1.54) is 24.0 Å². The van der Waals surface area contributed by atoms with E-state index in [9.17, 15) is 4.79 Å². The molecule has 0 radical (unpaired) electrons. The Morgan fingerprint density at radius 3 is 3.12 bits per heavy atom. The first-order valence-corrected chi connectivity index (χ1v) is 6.38. The molecule has 1 aliphatic rings. The van der Waals surface area contributed by atoms with E-state index < -0.39 is 5.97 Å². The molecule has 1 saturated heterocycles. The molecule has 2 rings (SSSR count). The van der Waals surface area contributed by atoms with Crippen molar-refractivity contribution in [3.05, 3.63) is 17.8 Å². The fourth-order valence-corrected chi connectivity index (χ4v) is 2.61. The molecule has 0 spiro atoms. The van der Waals surface area contributed by atoms with Crippen LogP contribution in [0.2, 0.25) is 0 Å². The highest BCUT2D eigenvalue weighted by atomic mass is 32.2. The predicted molar refractivity (Wildman–Crippen MR) is 65.3 cm³/mol. The van der Waals surface area contributed by atoms with Crippen molar-refractivity contribution in [3.8, 4) is 0 Å². The number of nitrogens with two attached hydrogens (primary N) is 1. The monoisotopic (exact) mass is 254 g/mol. The van der Waals surface area contributed by atoms with Crippen LogP contribution < -0.4 is 5.73 Å². The van der Waals surface area contributed by atoms with Gasteiger partial charge in [-0.15, -0.1) is 11.8 Å². The second-order valence-corrected chi connectivity index (χ2v) is 4.88. The molecule has 1 aliphatic heterocycles. The lowest BCUT2D eigenvalue weighted by Gasteiger charge is -2.09. The number of nitrogens with zero attached hydrogens (tertiary/aromatic N) is 1. The molecular weight excluding hydrogens is 240 g/mol. The smallest absolute Gasteiger partial charge is 0.337 e. The van der Waals surface area contributed by atoms with Crippen molar-refractivity contribution < 1.29 is 14.6 Å². The van der Waals surface area contributed by atoms with E-state index in [1.807, 2.05) is 0 Å². The van der Waals surface area contributed by atoms with E-state index >= 15 is 0 Å². The average Bonchev–Trinajstić information content (AvgIpc) is 2.80. The zero-order valence-corrected chi connectivity index (χ0v) is 10.1. The van der Waals surface area contributed by atoms with Crippen molar-refractivity contribution in [1.82, 2.24) is 4.98 Å². The first-order valence-electron chi connectivity index (χ1n) is 5.40. The van der Waals surface area contributed by atoms with E-state index in [2.05, 4.69) is 4.98 Å². The maximum absolute atomic E-state index is 10.7. The first kappa shape index (κ1) is 12.2. The largest absolute Gasteiger partial charge is 0.478 e. The van der Waals surface area contributed by atoms with Gasteiger partial charge in [0.25, 0.3) is 0 Å². The van der Waals surface area contributed by atoms with Crippen molar-refractivity contribution in [2.24, 2.45) is 0 Å². The molecule has 1 unspecified atom stereocenters. The van der Waals surface area contributed by atoms with Crippen molar-refractivity contribution in [2.45, 2.75) is 24.0 Å². The lowest BCUT2D eigenvalue weighted by atomic mass is 10.3. The summed E-state index contributed by atoms with van der Waals surface area (Å²) in [7, 11) is 0. The number of rotatable bonds is 4. The van der Waals surface area contributed by atoms with Crippen LogP contribution in [-0.2, 0) is 4.74 Å². The van der Waals surface area contributed by atoms with Gasteiger partial charge in [0, 0.05) is 18.6 Å². The van der Waals surface area contributed by atoms with Gasteiger partial charge in [0.05, 0.1) is 17.4 Å². The quantitative estimate of drug-likeness (QED) is 0.794. The second kappa shape index (κ2) is 5.37. The lowest BCUT2D eigenvalue weighted by molar-refractivity contribution is 0.0696. The summed E-state index contributed by atoms with van der Waals surface area (Å²) in [6, 6.07) is 1.44. The van der Waals surface area contributed by atoms with Gasteiger partial charge < -0.3 is 15.6 Å². The number of pyridine rings is 1. The topological polar surface area (TPSA) is 85.4 Å². The standard InChI is InChI=1S/C11H14N2O3S/c12-9-4-7(11(14)15)5-13-10(9)17-6-8-2-1-3-16-8/h4-5,8H,1-3,6,12H2,(H,14,15). The summed E-state index contributed by atoms with van der Waals surface area (Å²) in [5.74, 6) is -0.205. The van der Waals surface area contributed by atoms with Crippen LogP contribution in [0, 0.1) is 0 Å². The molecule has 1 aromatic heterocycles. The molecule has 1 aromatic rings.